The molecule has 2 heterocycles. The summed E-state index contributed by atoms with van der Waals surface area (Å²) in [7, 11) is 0. The summed E-state index contributed by atoms with van der Waals surface area (Å²) in [6, 6.07) is 13.5. The number of ether oxygens (including phenoxy) is 4. The van der Waals surface area contributed by atoms with Crippen molar-refractivity contribution in [3.63, 3.8) is 0 Å². The van der Waals surface area contributed by atoms with Crippen molar-refractivity contribution in [1.29, 1.82) is 0 Å². The minimum atomic E-state index is -1.55. The second kappa shape index (κ2) is 17.9. The van der Waals surface area contributed by atoms with Gasteiger partial charge in [0.2, 0.25) is 12.0 Å². The summed E-state index contributed by atoms with van der Waals surface area (Å²) < 4.78 is 22.8. The lowest BCUT2D eigenvalue weighted by Crippen LogP contribution is -2.58. The number of anilines is 1. The van der Waals surface area contributed by atoms with Gasteiger partial charge in [0.15, 0.2) is 6.73 Å². The quantitative estimate of drug-likeness (QED) is 0.0794. The summed E-state index contributed by atoms with van der Waals surface area (Å²) in [6.07, 6.45) is -7.47. The number of aliphatic hydroxyl groups is 3. The van der Waals surface area contributed by atoms with E-state index in [4.69, 9.17) is 24.5 Å². The molecule has 2 aromatic carbocycles. The minimum Gasteiger partial charge on any atom is -0.488 e. The van der Waals surface area contributed by atoms with E-state index in [0.717, 1.165) is 3.57 Å². The van der Waals surface area contributed by atoms with Crippen LogP contribution in [0.4, 0.5) is 10.5 Å². The maximum Gasteiger partial charge on any atom is 0.509 e. The maximum absolute atomic E-state index is 13.8. The second-order valence-electron chi connectivity index (χ2n) is 11.4. The molecule has 0 aromatic heterocycles. The van der Waals surface area contributed by atoms with Gasteiger partial charge in [-0.15, -0.1) is 11.8 Å². The topological polar surface area (TPSA) is 213 Å². The van der Waals surface area contributed by atoms with Gasteiger partial charge in [0.1, 0.15) is 42.2 Å². The lowest BCUT2D eigenvalue weighted by atomic mass is 9.95. The van der Waals surface area contributed by atoms with E-state index in [9.17, 15) is 29.7 Å². The van der Waals surface area contributed by atoms with Crippen molar-refractivity contribution in [3.05, 3.63) is 68.1 Å². The maximum atomic E-state index is 13.8. The van der Waals surface area contributed by atoms with Crippen molar-refractivity contribution in [2.24, 2.45) is 11.0 Å². The molecule has 0 radical (unpaired) electrons. The molecule has 0 spiro atoms. The molecule has 4 unspecified atom stereocenters. The number of carbonyl (C=O) groups excluding carboxylic acids is 3. The molecule has 0 aliphatic carbocycles. The number of likely N-dealkylation sites (tertiary alicyclic amines) is 1. The van der Waals surface area contributed by atoms with Gasteiger partial charge in [-0.3, -0.25) is 9.59 Å². The standard InChI is InChI=1S/C31H38IN5O10S/c1-17(2)48-30-26(40)25(39)24(38)23(46-30)15-44-31(43)47-27(18-3-9-22(10-4-18)45-16-34-36-33)29(42)37-13-11-19(12-14-37)28(41)35-21-7-5-20(32)6-8-21/h3-10,17,19,23-27,30,38-40H,11-16H2,1-2H3,(H,35,41)/t23?,24-,25?,26?,27?,30-/m0/s1. The van der Waals surface area contributed by atoms with Crippen LogP contribution in [0, 0.1) is 9.49 Å². The number of piperidine rings is 1. The zero-order valence-electron chi connectivity index (χ0n) is 26.3. The molecule has 2 amide bonds. The van der Waals surface area contributed by atoms with Crippen LogP contribution in [0.1, 0.15) is 38.4 Å². The Morgan fingerprint density at radius 2 is 1.73 bits per heavy atom. The number of carbonyl (C=O) groups is 3. The number of azide groups is 1. The molecule has 2 aromatic rings. The van der Waals surface area contributed by atoms with E-state index in [2.05, 4.69) is 37.9 Å². The van der Waals surface area contributed by atoms with E-state index in [1.165, 1.54) is 40.9 Å². The van der Waals surface area contributed by atoms with Gasteiger partial charge in [0.25, 0.3) is 5.91 Å². The fourth-order valence-corrected chi connectivity index (χ4v) is 6.57. The van der Waals surface area contributed by atoms with Crippen LogP contribution in [0.2, 0.25) is 0 Å². The summed E-state index contributed by atoms with van der Waals surface area (Å²) in [5.74, 6) is -0.654. The summed E-state index contributed by atoms with van der Waals surface area (Å²) >= 11 is 3.42. The lowest BCUT2D eigenvalue weighted by Gasteiger charge is -2.40. The second-order valence-corrected chi connectivity index (χ2v) is 14.4. The number of rotatable bonds is 12. The van der Waals surface area contributed by atoms with Crippen LogP contribution in [0.25, 0.3) is 10.4 Å². The smallest absolute Gasteiger partial charge is 0.488 e. The fourth-order valence-electron chi connectivity index (χ4n) is 5.15. The van der Waals surface area contributed by atoms with Crippen LogP contribution in [0.3, 0.4) is 0 Å². The molecule has 2 fully saturated rings. The Labute approximate surface area is 295 Å². The molecule has 17 heteroatoms. The average molecular weight is 800 g/mol. The third-order valence-corrected chi connectivity index (χ3v) is 9.62. The molecule has 2 aliphatic rings. The molecule has 4 N–H and O–H groups in total. The molecule has 4 rings (SSSR count). The van der Waals surface area contributed by atoms with E-state index < -0.39 is 54.6 Å². The largest absolute Gasteiger partial charge is 0.509 e. The number of hydrogen-bond acceptors (Lipinski definition) is 12. The minimum absolute atomic E-state index is 0.0358. The number of aliphatic hydroxyl groups excluding tert-OH is 3. The number of nitrogens with one attached hydrogen (secondary N) is 1. The summed E-state index contributed by atoms with van der Waals surface area (Å²) in [5, 5.41) is 37.3. The zero-order valence-corrected chi connectivity index (χ0v) is 29.2. The number of benzene rings is 2. The first-order valence-corrected chi connectivity index (χ1v) is 17.3. The molecule has 260 valence electrons. The van der Waals surface area contributed by atoms with Crippen molar-refractivity contribution in [2.75, 3.05) is 31.7 Å². The van der Waals surface area contributed by atoms with Gasteiger partial charge in [0, 0.05) is 44.0 Å². The first-order chi connectivity index (χ1) is 23.0. The molecule has 0 saturated carbocycles. The van der Waals surface area contributed by atoms with Crippen LogP contribution >= 0.6 is 34.4 Å². The number of hydrogen-bond donors (Lipinski definition) is 4. The van der Waals surface area contributed by atoms with Crippen LogP contribution in [-0.4, -0.2) is 99.7 Å². The number of halogens is 1. The molecule has 15 nitrogen and oxygen atoms in total. The Balaban J connectivity index is 1.41. The monoisotopic (exact) mass is 799 g/mol. The first-order valence-electron chi connectivity index (χ1n) is 15.2. The Morgan fingerprint density at radius 3 is 2.35 bits per heavy atom. The third-order valence-electron chi connectivity index (χ3n) is 7.70. The third kappa shape index (κ3) is 10.3. The highest BCUT2D eigenvalue weighted by molar-refractivity contribution is 14.1. The van der Waals surface area contributed by atoms with E-state index in [-0.39, 0.29) is 36.9 Å². The van der Waals surface area contributed by atoms with Crippen LogP contribution in [-0.2, 0) is 23.8 Å². The van der Waals surface area contributed by atoms with Crippen molar-refractivity contribution in [2.45, 2.75) is 67.9 Å². The van der Waals surface area contributed by atoms with Crippen LogP contribution in [0.5, 0.6) is 5.75 Å². The van der Waals surface area contributed by atoms with Gasteiger partial charge in [-0.05, 0) is 77.4 Å². The molecule has 48 heavy (non-hydrogen) atoms. The van der Waals surface area contributed by atoms with Crippen molar-refractivity contribution >= 4 is 58.0 Å². The first kappa shape index (κ1) is 37.5. The Morgan fingerprint density at radius 1 is 1.06 bits per heavy atom. The number of nitrogens with zero attached hydrogens (tertiary/aromatic N) is 4. The van der Waals surface area contributed by atoms with Crippen molar-refractivity contribution < 1.29 is 48.7 Å². The van der Waals surface area contributed by atoms with Gasteiger partial charge >= 0.3 is 6.16 Å². The van der Waals surface area contributed by atoms with Gasteiger partial charge < -0.3 is 44.5 Å². The Hall–Kier alpha value is -3.32. The summed E-state index contributed by atoms with van der Waals surface area (Å²) in [5.41, 5.74) is 8.58. The molecular weight excluding hydrogens is 761 g/mol. The fraction of sp³-hybridized carbons (Fsp3) is 0.516. The Bertz CT molecular complexity index is 1440. The van der Waals surface area contributed by atoms with Gasteiger partial charge in [-0.1, -0.05) is 31.1 Å². The van der Waals surface area contributed by atoms with E-state index >= 15 is 0 Å². The van der Waals surface area contributed by atoms with Crippen LogP contribution in [0.15, 0.2) is 53.6 Å². The van der Waals surface area contributed by atoms with Gasteiger partial charge in [0.05, 0.1) is 0 Å². The summed E-state index contributed by atoms with van der Waals surface area (Å²) in [4.78, 5) is 43.8. The molecular formula is C31H38IN5O10S. The number of amides is 2. The van der Waals surface area contributed by atoms with E-state index in [1.807, 2.05) is 38.1 Å². The highest BCUT2D eigenvalue weighted by Gasteiger charge is 2.45. The highest BCUT2D eigenvalue weighted by atomic mass is 127. The Kier molecular flexibility index (Phi) is 14.0. The molecule has 2 saturated heterocycles. The zero-order chi connectivity index (χ0) is 34.8. The van der Waals surface area contributed by atoms with E-state index in [0.29, 0.717) is 29.8 Å². The van der Waals surface area contributed by atoms with Crippen LogP contribution < -0.4 is 10.1 Å². The van der Waals surface area contributed by atoms with Gasteiger partial charge in [-0.25, -0.2) is 4.79 Å². The SMILES string of the molecule is CC(C)S[C@@H]1OC(COC(=O)OC(C(=O)N2CCC(C(=O)Nc3ccc(I)cc3)CC2)c2ccc(OCN=[N+]=[N-])cc2)[C@H](O)C(O)C1O. The molecule has 6 atom stereocenters. The van der Waals surface area contributed by atoms with Crippen molar-refractivity contribution in [1.82, 2.24) is 4.90 Å². The van der Waals surface area contributed by atoms with E-state index in [1.54, 1.807) is 0 Å². The van der Waals surface area contributed by atoms with Gasteiger partial charge in [-0.2, -0.15) is 0 Å². The predicted molar refractivity (Wildman–Crippen MR) is 183 cm³/mol. The lowest BCUT2D eigenvalue weighted by molar-refractivity contribution is -0.207. The summed E-state index contributed by atoms with van der Waals surface area (Å²) in [6.45, 7) is 3.46. The average Bonchev–Trinajstić information content (AvgIpc) is 3.08. The van der Waals surface area contributed by atoms with Crippen molar-refractivity contribution in [3.8, 4) is 5.75 Å². The molecule has 0 bridgehead atoms. The highest BCUT2D eigenvalue weighted by Crippen LogP contribution is 2.32. The number of thioether (sulfide) groups is 1. The predicted octanol–water partition coefficient (Wildman–Crippen LogP) is 3.96. The normalized spacial score (nSPS) is 23.5. The molecule has 2 aliphatic heterocycles.